The SMILES string of the molecule is Cc1nc(C23CC4CC(C)(CC(C)(C4)C2)C3)sc1C(C)N. The average molecular weight is 305 g/mol. The summed E-state index contributed by atoms with van der Waals surface area (Å²) in [6.07, 6.45) is 8.44. The van der Waals surface area contributed by atoms with Gasteiger partial charge in [-0.1, -0.05) is 13.8 Å². The Bertz CT molecular complexity index is 570. The van der Waals surface area contributed by atoms with Gasteiger partial charge in [-0.3, -0.25) is 0 Å². The van der Waals surface area contributed by atoms with Gasteiger partial charge in [0.1, 0.15) is 0 Å². The highest BCUT2D eigenvalue weighted by Gasteiger charge is 2.61. The molecule has 4 saturated carbocycles. The standard InChI is InChI=1S/C18H28N2S/c1-11(19)14-12(2)20-15(21-14)18-7-13-5-16(3,9-18)8-17(4,6-13)10-18/h11,13H,5-10,19H2,1-4H3. The van der Waals surface area contributed by atoms with Crippen LogP contribution in [-0.4, -0.2) is 4.98 Å². The normalized spacial score (nSPS) is 46.0. The Morgan fingerprint density at radius 1 is 1.14 bits per heavy atom. The highest BCUT2D eigenvalue weighted by atomic mass is 32.1. The molecule has 2 N–H and O–H groups in total. The summed E-state index contributed by atoms with van der Waals surface area (Å²) in [4.78, 5) is 6.32. The molecule has 3 unspecified atom stereocenters. The number of aromatic nitrogens is 1. The lowest BCUT2D eigenvalue weighted by atomic mass is 9.40. The summed E-state index contributed by atoms with van der Waals surface area (Å²) in [5.74, 6) is 0.930. The predicted octanol–water partition coefficient (Wildman–Crippen LogP) is 4.72. The third kappa shape index (κ3) is 2.03. The summed E-state index contributed by atoms with van der Waals surface area (Å²) in [5.41, 5.74) is 8.80. The molecule has 5 rings (SSSR count). The van der Waals surface area contributed by atoms with Gasteiger partial charge in [0.15, 0.2) is 0 Å². The number of rotatable bonds is 2. The summed E-state index contributed by atoms with van der Waals surface area (Å²) >= 11 is 1.92. The summed E-state index contributed by atoms with van der Waals surface area (Å²) in [5, 5.41) is 1.41. The van der Waals surface area contributed by atoms with Gasteiger partial charge in [-0.25, -0.2) is 4.98 Å². The van der Waals surface area contributed by atoms with Crippen molar-refractivity contribution in [2.45, 2.75) is 77.7 Å². The second-order valence-electron chi connectivity index (χ2n) is 9.17. The molecular weight excluding hydrogens is 276 g/mol. The number of hydrogen-bond donors (Lipinski definition) is 1. The molecule has 0 aliphatic heterocycles. The van der Waals surface area contributed by atoms with Crippen LogP contribution in [-0.2, 0) is 5.41 Å². The van der Waals surface area contributed by atoms with Crippen molar-refractivity contribution in [3.63, 3.8) is 0 Å². The zero-order valence-corrected chi connectivity index (χ0v) is 14.6. The fourth-order valence-electron chi connectivity index (χ4n) is 6.74. The maximum absolute atomic E-state index is 6.14. The first-order valence-corrected chi connectivity index (χ1v) is 9.28. The second kappa shape index (κ2) is 4.11. The van der Waals surface area contributed by atoms with Gasteiger partial charge in [0, 0.05) is 16.3 Å². The van der Waals surface area contributed by atoms with Gasteiger partial charge in [0.05, 0.1) is 10.7 Å². The van der Waals surface area contributed by atoms with E-state index in [-0.39, 0.29) is 6.04 Å². The molecule has 1 aromatic rings. The van der Waals surface area contributed by atoms with E-state index >= 15 is 0 Å². The minimum Gasteiger partial charge on any atom is -0.323 e. The molecule has 4 aliphatic rings. The maximum atomic E-state index is 6.14. The van der Waals surface area contributed by atoms with E-state index < -0.39 is 0 Å². The summed E-state index contributed by atoms with van der Waals surface area (Å²) in [6, 6.07) is 0.122. The lowest BCUT2D eigenvalue weighted by Crippen LogP contribution is -2.56. The maximum Gasteiger partial charge on any atom is 0.0993 e. The number of thiazole rings is 1. The van der Waals surface area contributed by atoms with Gasteiger partial charge in [-0.2, -0.15) is 0 Å². The molecule has 0 spiro atoms. The van der Waals surface area contributed by atoms with E-state index in [2.05, 4.69) is 27.7 Å². The zero-order valence-electron chi connectivity index (χ0n) is 13.8. The van der Waals surface area contributed by atoms with Crippen LogP contribution in [0, 0.1) is 23.7 Å². The first-order valence-electron chi connectivity index (χ1n) is 8.46. The van der Waals surface area contributed by atoms with Crippen molar-refractivity contribution < 1.29 is 0 Å². The molecule has 2 nitrogen and oxygen atoms in total. The van der Waals surface area contributed by atoms with Crippen LogP contribution in [0.4, 0.5) is 0 Å². The van der Waals surface area contributed by atoms with Crippen LogP contribution in [0.15, 0.2) is 0 Å². The molecular formula is C18H28N2S. The molecule has 21 heavy (non-hydrogen) atoms. The Hall–Kier alpha value is -0.410. The number of nitrogens with two attached hydrogens (primary N) is 1. The van der Waals surface area contributed by atoms with E-state index in [4.69, 9.17) is 10.7 Å². The molecule has 1 aromatic heterocycles. The third-order valence-electron chi connectivity index (χ3n) is 6.33. The van der Waals surface area contributed by atoms with Crippen molar-refractivity contribution >= 4 is 11.3 Å². The Labute approximate surface area is 132 Å². The van der Waals surface area contributed by atoms with Gasteiger partial charge < -0.3 is 5.73 Å². The number of hydrogen-bond acceptors (Lipinski definition) is 3. The van der Waals surface area contributed by atoms with Crippen LogP contribution in [0.3, 0.4) is 0 Å². The molecule has 3 atom stereocenters. The minimum absolute atomic E-state index is 0.122. The molecule has 4 aliphatic carbocycles. The molecule has 0 aromatic carbocycles. The molecule has 3 heteroatoms. The van der Waals surface area contributed by atoms with E-state index in [1.165, 1.54) is 54.1 Å². The van der Waals surface area contributed by atoms with Crippen molar-refractivity contribution in [3.8, 4) is 0 Å². The lowest BCUT2D eigenvalue weighted by molar-refractivity contribution is -0.110. The smallest absolute Gasteiger partial charge is 0.0993 e. The van der Waals surface area contributed by atoms with E-state index in [1.54, 1.807) is 0 Å². The first kappa shape index (κ1) is 14.2. The Balaban J connectivity index is 1.79. The molecule has 0 amide bonds. The van der Waals surface area contributed by atoms with Gasteiger partial charge >= 0.3 is 0 Å². The first-order chi connectivity index (χ1) is 9.73. The largest absolute Gasteiger partial charge is 0.323 e. The average Bonchev–Trinajstić information content (AvgIpc) is 2.67. The van der Waals surface area contributed by atoms with Crippen molar-refractivity contribution in [2.75, 3.05) is 0 Å². The molecule has 4 fully saturated rings. The van der Waals surface area contributed by atoms with Crippen molar-refractivity contribution in [1.82, 2.24) is 4.98 Å². The molecule has 0 radical (unpaired) electrons. The summed E-state index contributed by atoms with van der Waals surface area (Å²) in [7, 11) is 0. The summed E-state index contributed by atoms with van der Waals surface area (Å²) < 4.78 is 0. The van der Waals surface area contributed by atoms with E-state index in [1.807, 2.05) is 11.3 Å². The van der Waals surface area contributed by atoms with Crippen LogP contribution >= 0.6 is 11.3 Å². The fraction of sp³-hybridized carbons (Fsp3) is 0.833. The summed E-state index contributed by atoms with van der Waals surface area (Å²) in [6.45, 7) is 9.31. The highest BCUT2D eigenvalue weighted by Crippen LogP contribution is 2.70. The minimum atomic E-state index is 0.122. The van der Waals surface area contributed by atoms with E-state index in [9.17, 15) is 0 Å². The third-order valence-corrected chi connectivity index (χ3v) is 7.93. The molecule has 4 bridgehead atoms. The Morgan fingerprint density at radius 2 is 1.76 bits per heavy atom. The second-order valence-corrected chi connectivity index (χ2v) is 10.2. The van der Waals surface area contributed by atoms with Gasteiger partial charge in [0.25, 0.3) is 0 Å². The monoisotopic (exact) mass is 304 g/mol. The van der Waals surface area contributed by atoms with Crippen LogP contribution in [0.1, 0.15) is 80.9 Å². The Morgan fingerprint density at radius 3 is 2.24 bits per heavy atom. The van der Waals surface area contributed by atoms with Crippen molar-refractivity contribution in [2.24, 2.45) is 22.5 Å². The topological polar surface area (TPSA) is 38.9 Å². The lowest BCUT2D eigenvalue weighted by Gasteiger charge is -2.64. The van der Waals surface area contributed by atoms with Crippen LogP contribution in [0.5, 0.6) is 0 Å². The molecule has 116 valence electrons. The fourth-order valence-corrected chi connectivity index (χ4v) is 7.96. The number of aryl methyl sites for hydroxylation is 1. The van der Waals surface area contributed by atoms with Crippen molar-refractivity contribution in [1.29, 1.82) is 0 Å². The highest BCUT2D eigenvalue weighted by molar-refractivity contribution is 7.12. The van der Waals surface area contributed by atoms with Crippen LogP contribution in [0.25, 0.3) is 0 Å². The molecule has 0 saturated heterocycles. The Kier molecular flexibility index (Phi) is 2.78. The van der Waals surface area contributed by atoms with Gasteiger partial charge in [-0.05, 0) is 69.1 Å². The van der Waals surface area contributed by atoms with Gasteiger partial charge in [-0.15, -0.1) is 11.3 Å². The van der Waals surface area contributed by atoms with Crippen LogP contribution in [0.2, 0.25) is 0 Å². The van der Waals surface area contributed by atoms with Gasteiger partial charge in [0.2, 0.25) is 0 Å². The number of nitrogens with zero attached hydrogens (tertiary/aromatic N) is 1. The van der Waals surface area contributed by atoms with E-state index in [0.29, 0.717) is 16.2 Å². The van der Waals surface area contributed by atoms with Crippen LogP contribution < -0.4 is 5.73 Å². The predicted molar refractivity (Wildman–Crippen MR) is 88.5 cm³/mol. The molecule has 1 heterocycles. The van der Waals surface area contributed by atoms with E-state index in [0.717, 1.165) is 5.92 Å². The van der Waals surface area contributed by atoms with Crippen molar-refractivity contribution in [3.05, 3.63) is 15.6 Å². The zero-order chi connectivity index (χ0) is 15.0. The quantitative estimate of drug-likeness (QED) is 0.858.